The van der Waals surface area contributed by atoms with E-state index in [1.165, 1.54) is 0 Å². The highest BCUT2D eigenvalue weighted by atomic mass is 16.2. The zero-order valence-corrected chi connectivity index (χ0v) is 12.4. The van der Waals surface area contributed by atoms with E-state index in [9.17, 15) is 4.79 Å². The molecule has 2 aromatic rings. The van der Waals surface area contributed by atoms with Crippen LogP contribution in [0.4, 0.5) is 10.5 Å². The largest absolute Gasteiger partial charge is 0.334 e. The number of rotatable bonds is 4. The number of hydrogen-bond donors (Lipinski definition) is 3. The summed E-state index contributed by atoms with van der Waals surface area (Å²) >= 11 is 0. The van der Waals surface area contributed by atoms with Crippen molar-refractivity contribution in [3.8, 4) is 0 Å². The molecule has 1 atom stereocenters. The summed E-state index contributed by atoms with van der Waals surface area (Å²) in [7, 11) is 0. The summed E-state index contributed by atoms with van der Waals surface area (Å²) in [5, 5.41) is 5.68. The monoisotopic (exact) mass is 283 g/mol. The van der Waals surface area contributed by atoms with Crippen molar-refractivity contribution >= 4 is 11.7 Å². The van der Waals surface area contributed by atoms with Crippen molar-refractivity contribution in [1.29, 1.82) is 0 Å². The van der Waals surface area contributed by atoms with Crippen molar-refractivity contribution in [2.24, 2.45) is 5.73 Å². The van der Waals surface area contributed by atoms with Crippen molar-refractivity contribution < 1.29 is 4.79 Å². The smallest absolute Gasteiger partial charge is 0.319 e. The average Bonchev–Trinajstić information content (AvgIpc) is 2.46. The van der Waals surface area contributed by atoms with Gasteiger partial charge in [0.1, 0.15) is 0 Å². The molecular formula is C17H21N3O. The molecule has 4 heteroatoms. The number of nitrogens with two attached hydrogens (primary N) is 1. The lowest BCUT2D eigenvalue weighted by atomic mass is 10.1. The number of benzene rings is 2. The predicted molar refractivity (Wildman–Crippen MR) is 86.1 cm³/mol. The van der Waals surface area contributed by atoms with Crippen LogP contribution >= 0.6 is 0 Å². The number of aryl methyl sites for hydroxylation is 1. The number of nitrogens with one attached hydrogen (secondary N) is 2. The topological polar surface area (TPSA) is 67.2 Å². The summed E-state index contributed by atoms with van der Waals surface area (Å²) in [4.78, 5) is 11.9. The van der Waals surface area contributed by atoms with Crippen molar-refractivity contribution in [3.63, 3.8) is 0 Å². The fraction of sp³-hybridized carbons (Fsp3) is 0.235. The van der Waals surface area contributed by atoms with Crippen LogP contribution in [-0.2, 0) is 6.54 Å². The van der Waals surface area contributed by atoms with Crippen molar-refractivity contribution in [2.45, 2.75) is 26.4 Å². The van der Waals surface area contributed by atoms with Gasteiger partial charge in [0.15, 0.2) is 0 Å². The Morgan fingerprint density at radius 1 is 1.19 bits per heavy atom. The first kappa shape index (κ1) is 15.1. The molecule has 0 fully saturated rings. The lowest BCUT2D eigenvalue weighted by molar-refractivity contribution is 0.251. The first-order chi connectivity index (χ1) is 10.1. The van der Waals surface area contributed by atoms with Gasteiger partial charge in [0, 0.05) is 18.3 Å². The molecule has 4 nitrogen and oxygen atoms in total. The van der Waals surface area contributed by atoms with Gasteiger partial charge >= 0.3 is 6.03 Å². The molecule has 0 bridgehead atoms. The maximum atomic E-state index is 11.9. The highest BCUT2D eigenvalue weighted by Gasteiger charge is 2.05. The second-order valence-electron chi connectivity index (χ2n) is 5.15. The lowest BCUT2D eigenvalue weighted by Crippen LogP contribution is -2.28. The summed E-state index contributed by atoms with van der Waals surface area (Å²) in [6.45, 7) is 4.45. The van der Waals surface area contributed by atoms with E-state index in [1.54, 1.807) is 0 Å². The molecule has 0 aliphatic heterocycles. The summed E-state index contributed by atoms with van der Waals surface area (Å²) < 4.78 is 0. The molecule has 2 rings (SSSR count). The van der Waals surface area contributed by atoms with Crippen LogP contribution in [0.1, 0.15) is 29.7 Å². The van der Waals surface area contributed by atoms with E-state index < -0.39 is 0 Å². The van der Waals surface area contributed by atoms with Crippen LogP contribution in [0, 0.1) is 6.92 Å². The van der Waals surface area contributed by atoms with Crippen LogP contribution in [0.5, 0.6) is 0 Å². The molecule has 2 amide bonds. The number of carbonyl (C=O) groups is 1. The highest BCUT2D eigenvalue weighted by Crippen LogP contribution is 2.15. The first-order valence-corrected chi connectivity index (χ1v) is 7.01. The molecular weight excluding hydrogens is 262 g/mol. The molecule has 21 heavy (non-hydrogen) atoms. The number of carbonyl (C=O) groups excluding carboxylic acids is 1. The lowest BCUT2D eigenvalue weighted by Gasteiger charge is -2.11. The standard InChI is InChI=1S/C17H21N3O/c1-12-6-3-4-7-15(12)11-19-17(21)20-16-9-5-8-14(10-16)13(2)18/h3-10,13H,11,18H2,1-2H3,(H2,19,20,21). The Kier molecular flexibility index (Phi) is 4.95. The Labute approximate surface area is 125 Å². The number of amides is 2. The number of urea groups is 1. The third-order valence-corrected chi connectivity index (χ3v) is 3.37. The predicted octanol–water partition coefficient (Wildman–Crippen LogP) is 3.34. The molecule has 0 spiro atoms. The second kappa shape index (κ2) is 6.90. The molecule has 0 saturated heterocycles. The Hall–Kier alpha value is -2.33. The Bertz CT molecular complexity index is 623. The molecule has 2 aromatic carbocycles. The maximum Gasteiger partial charge on any atom is 0.319 e. The minimum Gasteiger partial charge on any atom is -0.334 e. The van der Waals surface area contributed by atoms with Gasteiger partial charge in [0.2, 0.25) is 0 Å². The molecule has 0 heterocycles. The second-order valence-corrected chi connectivity index (χ2v) is 5.15. The van der Waals surface area contributed by atoms with Gasteiger partial charge < -0.3 is 16.4 Å². The van der Waals surface area contributed by atoms with E-state index in [0.29, 0.717) is 6.54 Å². The van der Waals surface area contributed by atoms with Crippen LogP contribution in [-0.4, -0.2) is 6.03 Å². The third kappa shape index (κ3) is 4.33. The van der Waals surface area contributed by atoms with E-state index in [-0.39, 0.29) is 12.1 Å². The normalized spacial score (nSPS) is 11.8. The van der Waals surface area contributed by atoms with E-state index in [0.717, 1.165) is 22.4 Å². The fourth-order valence-corrected chi connectivity index (χ4v) is 2.06. The Morgan fingerprint density at radius 3 is 2.67 bits per heavy atom. The molecule has 110 valence electrons. The Balaban J connectivity index is 1.93. The summed E-state index contributed by atoms with van der Waals surface area (Å²) in [5.74, 6) is 0. The minimum atomic E-state index is -0.222. The van der Waals surface area contributed by atoms with Crippen molar-refractivity contribution in [3.05, 3.63) is 65.2 Å². The molecule has 0 aromatic heterocycles. The van der Waals surface area contributed by atoms with Crippen molar-refractivity contribution in [2.75, 3.05) is 5.32 Å². The molecule has 0 saturated carbocycles. The minimum absolute atomic E-state index is 0.0539. The average molecular weight is 283 g/mol. The Morgan fingerprint density at radius 2 is 1.95 bits per heavy atom. The van der Waals surface area contributed by atoms with Crippen LogP contribution in [0.15, 0.2) is 48.5 Å². The summed E-state index contributed by atoms with van der Waals surface area (Å²) in [6.07, 6.45) is 0. The first-order valence-electron chi connectivity index (χ1n) is 7.01. The molecule has 1 unspecified atom stereocenters. The number of anilines is 1. The van der Waals surface area contributed by atoms with E-state index in [2.05, 4.69) is 10.6 Å². The zero-order valence-electron chi connectivity index (χ0n) is 12.4. The quantitative estimate of drug-likeness (QED) is 0.805. The van der Waals surface area contributed by atoms with Crippen LogP contribution in [0.2, 0.25) is 0 Å². The van der Waals surface area contributed by atoms with Crippen LogP contribution < -0.4 is 16.4 Å². The van der Waals surface area contributed by atoms with Gasteiger partial charge in [-0.25, -0.2) is 4.79 Å². The molecule has 0 aliphatic carbocycles. The summed E-state index contributed by atoms with van der Waals surface area (Å²) in [6, 6.07) is 15.3. The van der Waals surface area contributed by atoms with Gasteiger partial charge in [-0.3, -0.25) is 0 Å². The van der Waals surface area contributed by atoms with Gasteiger partial charge in [-0.2, -0.15) is 0 Å². The van der Waals surface area contributed by atoms with Gasteiger partial charge in [0.05, 0.1) is 0 Å². The van der Waals surface area contributed by atoms with Crippen LogP contribution in [0.3, 0.4) is 0 Å². The SMILES string of the molecule is Cc1ccccc1CNC(=O)Nc1cccc(C(C)N)c1. The number of hydrogen-bond acceptors (Lipinski definition) is 2. The van der Waals surface area contributed by atoms with Gasteiger partial charge in [0.25, 0.3) is 0 Å². The molecule has 0 aliphatic rings. The molecule has 0 radical (unpaired) electrons. The van der Waals surface area contributed by atoms with E-state index >= 15 is 0 Å². The van der Waals surface area contributed by atoms with Gasteiger partial charge in [-0.15, -0.1) is 0 Å². The van der Waals surface area contributed by atoms with Gasteiger partial charge in [-0.1, -0.05) is 36.4 Å². The summed E-state index contributed by atoms with van der Waals surface area (Å²) in [5.41, 5.74) is 9.84. The third-order valence-electron chi connectivity index (χ3n) is 3.37. The van der Waals surface area contributed by atoms with Crippen molar-refractivity contribution in [1.82, 2.24) is 5.32 Å². The van der Waals surface area contributed by atoms with Crippen LogP contribution in [0.25, 0.3) is 0 Å². The zero-order chi connectivity index (χ0) is 15.2. The van der Waals surface area contributed by atoms with E-state index in [4.69, 9.17) is 5.73 Å². The maximum absolute atomic E-state index is 11.9. The highest BCUT2D eigenvalue weighted by molar-refractivity contribution is 5.89. The van der Waals surface area contributed by atoms with E-state index in [1.807, 2.05) is 62.4 Å². The molecule has 4 N–H and O–H groups in total. The fourth-order valence-electron chi connectivity index (χ4n) is 2.06. The van der Waals surface area contributed by atoms with Gasteiger partial charge in [-0.05, 0) is 42.7 Å².